The van der Waals surface area contributed by atoms with E-state index < -0.39 is 10.0 Å². The van der Waals surface area contributed by atoms with Crippen LogP contribution < -0.4 is 9.88 Å². The minimum atomic E-state index is -3.92. The summed E-state index contributed by atoms with van der Waals surface area (Å²) in [6.45, 7) is 1.99. The number of nitrogens with two attached hydrogens (primary N) is 1. The largest absolute Gasteiger partial charge is 0.486 e. The fourth-order valence-electron chi connectivity index (χ4n) is 1.81. The quantitative estimate of drug-likeness (QED) is 0.862. The number of sulfonamides is 1. The van der Waals surface area contributed by atoms with Crippen molar-refractivity contribution in [2.45, 2.75) is 18.4 Å². The van der Waals surface area contributed by atoms with Gasteiger partial charge < -0.3 is 4.74 Å². The number of benzene rings is 1. The van der Waals surface area contributed by atoms with Crippen molar-refractivity contribution in [3.05, 3.63) is 39.1 Å². The molecular formula is C12H13BrClN3O3S. The highest BCUT2D eigenvalue weighted by atomic mass is 79.9. The third-order valence-corrected chi connectivity index (χ3v) is 5.04. The van der Waals surface area contributed by atoms with Crippen molar-refractivity contribution in [1.82, 2.24) is 9.78 Å². The summed E-state index contributed by atoms with van der Waals surface area (Å²) < 4.78 is 31.2. The average molecular weight is 395 g/mol. The lowest BCUT2D eigenvalue weighted by Crippen LogP contribution is -2.14. The summed E-state index contributed by atoms with van der Waals surface area (Å²) in [5.41, 5.74) is 1.60. The van der Waals surface area contributed by atoms with Crippen LogP contribution in [0.3, 0.4) is 0 Å². The number of hydrogen-bond donors (Lipinski definition) is 1. The van der Waals surface area contributed by atoms with Gasteiger partial charge in [-0.05, 0) is 41.1 Å². The molecule has 0 saturated carbocycles. The maximum absolute atomic E-state index is 11.6. The third kappa shape index (κ3) is 3.57. The van der Waals surface area contributed by atoms with E-state index in [0.717, 1.165) is 15.9 Å². The summed E-state index contributed by atoms with van der Waals surface area (Å²) >= 11 is 9.21. The molecule has 21 heavy (non-hydrogen) atoms. The average Bonchev–Trinajstić information content (AvgIpc) is 2.61. The highest BCUT2D eigenvalue weighted by Crippen LogP contribution is 2.28. The molecule has 0 fully saturated rings. The lowest BCUT2D eigenvalue weighted by atomic mass is 10.3. The van der Waals surface area contributed by atoms with Crippen LogP contribution in [-0.4, -0.2) is 18.2 Å². The van der Waals surface area contributed by atoms with Crippen molar-refractivity contribution in [2.24, 2.45) is 12.2 Å². The van der Waals surface area contributed by atoms with Crippen LogP contribution >= 0.6 is 27.5 Å². The van der Waals surface area contributed by atoms with E-state index in [1.54, 1.807) is 11.7 Å². The fraction of sp³-hybridized carbons (Fsp3) is 0.250. The molecule has 1 aromatic heterocycles. The molecule has 0 amide bonds. The van der Waals surface area contributed by atoms with E-state index in [0.29, 0.717) is 0 Å². The molecule has 1 heterocycles. The van der Waals surface area contributed by atoms with Crippen LogP contribution in [0.25, 0.3) is 0 Å². The van der Waals surface area contributed by atoms with Crippen LogP contribution in [0.2, 0.25) is 5.02 Å². The molecule has 0 atom stereocenters. The molecule has 6 nitrogen and oxygen atoms in total. The molecule has 2 rings (SSSR count). The number of aromatic nitrogens is 2. The highest BCUT2D eigenvalue weighted by Gasteiger charge is 2.17. The number of aryl methyl sites for hydroxylation is 2. The molecule has 0 aliphatic rings. The molecule has 0 unspecified atom stereocenters. The second kappa shape index (κ2) is 5.96. The summed E-state index contributed by atoms with van der Waals surface area (Å²) in [5.74, 6) is 0.146. The number of halogens is 2. The standard InChI is InChI=1S/C12H13BrClN3O3S/c1-7-12(13)9(17(2)16-7)6-20-10-4-3-8(14)5-11(10)21(15,18)19/h3-5H,6H2,1-2H3,(H2,15,18,19). The minimum Gasteiger partial charge on any atom is -0.486 e. The summed E-state index contributed by atoms with van der Waals surface area (Å²) in [6, 6.07) is 4.27. The summed E-state index contributed by atoms with van der Waals surface area (Å²) in [6.07, 6.45) is 0. The van der Waals surface area contributed by atoms with Crippen LogP contribution in [0.1, 0.15) is 11.4 Å². The second-order valence-corrected chi connectivity index (χ2v) is 7.15. The zero-order valence-corrected chi connectivity index (χ0v) is 14.5. The van der Waals surface area contributed by atoms with E-state index in [2.05, 4.69) is 21.0 Å². The topological polar surface area (TPSA) is 87.2 Å². The first kappa shape index (κ1) is 16.3. The molecule has 9 heteroatoms. The van der Waals surface area contributed by atoms with E-state index in [1.165, 1.54) is 18.2 Å². The Kier molecular flexibility index (Phi) is 4.62. The van der Waals surface area contributed by atoms with Gasteiger partial charge in [-0.15, -0.1) is 0 Å². The van der Waals surface area contributed by atoms with Crippen LogP contribution in [0.15, 0.2) is 27.6 Å². The van der Waals surface area contributed by atoms with Gasteiger partial charge in [-0.2, -0.15) is 5.10 Å². The molecule has 1 aromatic carbocycles. The molecule has 0 saturated heterocycles. The zero-order valence-electron chi connectivity index (χ0n) is 11.3. The van der Waals surface area contributed by atoms with Gasteiger partial charge in [0.25, 0.3) is 0 Å². The first-order valence-corrected chi connectivity index (χ1v) is 8.55. The van der Waals surface area contributed by atoms with Gasteiger partial charge in [0.05, 0.1) is 15.9 Å². The second-order valence-electron chi connectivity index (χ2n) is 4.39. The van der Waals surface area contributed by atoms with E-state index in [4.69, 9.17) is 21.5 Å². The van der Waals surface area contributed by atoms with Gasteiger partial charge in [0, 0.05) is 12.1 Å². The van der Waals surface area contributed by atoms with Crippen molar-refractivity contribution in [3.8, 4) is 5.75 Å². The Morgan fingerprint density at radius 3 is 2.67 bits per heavy atom. The van der Waals surface area contributed by atoms with E-state index in [9.17, 15) is 8.42 Å². The Morgan fingerprint density at radius 1 is 1.48 bits per heavy atom. The molecule has 114 valence electrons. The number of ether oxygens (including phenoxy) is 1. The van der Waals surface area contributed by atoms with Gasteiger partial charge in [-0.3, -0.25) is 4.68 Å². The van der Waals surface area contributed by atoms with Crippen LogP contribution in [0, 0.1) is 6.92 Å². The van der Waals surface area contributed by atoms with E-state index in [-0.39, 0.29) is 22.3 Å². The lowest BCUT2D eigenvalue weighted by Gasteiger charge is -2.11. The monoisotopic (exact) mass is 393 g/mol. The molecule has 0 aliphatic carbocycles. The SMILES string of the molecule is Cc1nn(C)c(COc2ccc(Cl)cc2S(N)(=O)=O)c1Br. The maximum atomic E-state index is 11.6. The third-order valence-electron chi connectivity index (χ3n) is 2.84. The first-order chi connectivity index (χ1) is 9.70. The fourth-order valence-corrected chi connectivity index (χ4v) is 3.19. The van der Waals surface area contributed by atoms with Gasteiger partial charge in [0.1, 0.15) is 17.3 Å². The molecule has 0 aliphatic heterocycles. The summed E-state index contributed by atoms with van der Waals surface area (Å²) in [5, 5.41) is 9.67. The van der Waals surface area contributed by atoms with Crippen LogP contribution in [0.4, 0.5) is 0 Å². The molecule has 2 N–H and O–H groups in total. The van der Waals surface area contributed by atoms with Gasteiger partial charge in [-0.25, -0.2) is 13.6 Å². The Labute approximate surface area is 136 Å². The van der Waals surface area contributed by atoms with Gasteiger partial charge >= 0.3 is 0 Å². The molecule has 0 spiro atoms. The summed E-state index contributed by atoms with van der Waals surface area (Å²) in [4.78, 5) is -0.148. The lowest BCUT2D eigenvalue weighted by molar-refractivity contribution is 0.286. The van der Waals surface area contributed by atoms with E-state index >= 15 is 0 Å². The molecule has 0 bridgehead atoms. The Balaban J connectivity index is 2.33. The van der Waals surface area contributed by atoms with Crippen molar-refractivity contribution in [1.29, 1.82) is 0 Å². The number of nitrogens with zero attached hydrogens (tertiary/aromatic N) is 2. The number of rotatable bonds is 4. The smallest absolute Gasteiger partial charge is 0.241 e. The number of primary sulfonamides is 1. The maximum Gasteiger partial charge on any atom is 0.241 e. The predicted octanol–water partition coefficient (Wildman–Crippen LogP) is 2.37. The van der Waals surface area contributed by atoms with Gasteiger partial charge in [-0.1, -0.05) is 11.6 Å². The normalized spacial score (nSPS) is 11.7. The van der Waals surface area contributed by atoms with Crippen molar-refractivity contribution in [2.75, 3.05) is 0 Å². The number of hydrogen-bond acceptors (Lipinski definition) is 4. The summed E-state index contributed by atoms with van der Waals surface area (Å²) in [7, 11) is -2.14. The van der Waals surface area contributed by atoms with Crippen molar-refractivity contribution < 1.29 is 13.2 Å². The Hall–Kier alpha value is -1.09. The van der Waals surface area contributed by atoms with Crippen molar-refractivity contribution in [3.63, 3.8) is 0 Å². The van der Waals surface area contributed by atoms with E-state index in [1.807, 2.05) is 6.92 Å². The zero-order chi connectivity index (χ0) is 15.8. The van der Waals surface area contributed by atoms with Crippen LogP contribution in [0.5, 0.6) is 5.75 Å². The predicted molar refractivity (Wildman–Crippen MR) is 82.8 cm³/mol. The minimum absolute atomic E-state index is 0.141. The Morgan fingerprint density at radius 2 is 2.14 bits per heavy atom. The van der Waals surface area contributed by atoms with Crippen LogP contribution in [-0.2, 0) is 23.7 Å². The molecule has 2 aromatic rings. The highest BCUT2D eigenvalue weighted by molar-refractivity contribution is 9.10. The molecular weight excluding hydrogens is 382 g/mol. The van der Waals surface area contributed by atoms with Crippen molar-refractivity contribution >= 4 is 37.6 Å². The van der Waals surface area contributed by atoms with Gasteiger partial charge in [0.2, 0.25) is 10.0 Å². The Bertz CT molecular complexity index is 789. The molecule has 0 radical (unpaired) electrons. The van der Waals surface area contributed by atoms with Gasteiger partial charge in [0.15, 0.2) is 0 Å². The first-order valence-electron chi connectivity index (χ1n) is 5.83.